The second kappa shape index (κ2) is 6.33. The molecule has 0 radical (unpaired) electrons. The molecule has 106 valence electrons. The molecule has 3 rings (SSSR count). The number of hydrogen-bond donors (Lipinski definition) is 2. The number of para-hydroxylation sites is 2. The van der Waals surface area contributed by atoms with Gasteiger partial charge in [0, 0.05) is 5.69 Å². The van der Waals surface area contributed by atoms with Crippen LogP contribution < -0.4 is 11.1 Å². The lowest BCUT2D eigenvalue weighted by atomic mass is 10.1. The van der Waals surface area contributed by atoms with Crippen molar-refractivity contribution in [2.45, 2.75) is 12.8 Å². The van der Waals surface area contributed by atoms with Crippen LogP contribution in [0.25, 0.3) is 11.0 Å². The minimum Gasteiger partial charge on any atom is -0.339 e. The molecule has 0 amide bonds. The zero-order chi connectivity index (χ0) is 14.5. The first kappa shape index (κ1) is 13.5. The van der Waals surface area contributed by atoms with Crippen LogP contribution in [0.2, 0.25) is 0 Å². The third-order valence-electron chi connectivity index (χ3n) is 3.32. The van der Waals surface area contributed by atoms with E-state index in [0.717, 1.165) is 35.4 Å². The monoisotopic (exact) mass is 278 g/mol. The summed E-state index contributed by atoms with van der Waals surface area (Å²) in [5.74, 6) is 0.754. The van der Waals surface area contributed by atoms with Crippen molar-refractivity contribution >= 4 is 22.5 Å². The van der Waals surface area contributed by atoms with Gasteiger partial charge in [0.15, 0.2) is 0 Å². The van der Waals surface area contributed by atoms with Crippen molar-refractivity contribution in [3.8, 4) is 0 Å². The fourth-order valence-electron chi connectivity index (χ4n) is 2.28. The van der Waals surface area contributed by atoms with Gasteiger partial charge < -0.3 is 11.1 Å². The number of nitrogens with zero attached hydrogens (tertiary/aromatic N) is 2. The van der Waals surface area contributed by atoms with Gasteiger partial charge >= 0.3 is 0 Å². The molecule has 0 aliphatic carbocycles. The van der Waals surface area contributed by atoms with Crippen LogP contribution >= 0.6 is 0 Å². The smallest absolute Gasteiger partial charge is 0.149 e. The molecule has 0 atom stereocenters. The summed E-state index contributed by atoms with van der Waals surface area (Å²) in [6, 6.07) is 16.2. The van der Waals surface area contributed by atoms with Crippen molar-refractivity contribution < 1.29 is 0 Å². The highest BCUT2D eigenvalue weighted by Crippen LogP contribution is 2.18. The lowest BCUT2D eigenvalue weighted by molar-refractivity contribution is 0.833. The van der Waals surface area contributed by atoms with Gasteiger partial charge in [-0.1, -0.05) is 24.3 Å². The van der Waals surface area contributed by atoms with E-state index in [4.69, 9.17) is 5.73 Å². The molecule has 0 saturated carbocycles. The minimum absolute atomic E-state index is 0.716. The van der Waals surface area contributed by atoms with Crippen molar-refractivity contribution in [2.24, 2.45) is 5.73 Å². The van der Waals surface area contributed by atoms with Crippen LogP contribution in [0.3, 0.4) is 0 Å². The van der Waals surface area contributed by atoms with E-state index in [1.165, 1.54) is 5.56 Å². The number of nitrogens with two attached hydrogens (primary N) is 1. The summed E-state index contributed by atoms with van der Waals surface area (Å²) >= 11 is 0. The standard InChI is InChI=1S/C17H18N4/c18-10-4-6-13-5-3-7-14(11-13)20-17-12-19-15-8-1-2-9-16(15)21-17/h1-3,5,7-9,11-12H,4,6,10,18H2,(H,20,21). The maximum absolute atomic E-state index is 5.56. The Morgan fingerprint density at radius 1 is 1.00 bits per heavy atom. The van der Waals surface area contributed by atoms with Crippen LogP contribution in [-0.2, 0) is 6.42 Å². The van der Waals surface area contributed by atoms with Crippen LogP contribution in [0, 0.1) is 0 Å². The molecule has 3 N–H and O–H groups in total. The van der Waals surface area contributed by atoms with E-state index in [1.54, 1.807) is 6.20 Å². The van der Waals surface area contributed by atoms with E-state index in [9.17, 15) is 0 Å². The van der Waals surface area contributed by atoms with Crippen molar-refractivity contribution in [3.63, 3.8) is 0 Å². The van der Waals surface area contributed by atoms with Crippen LogP contribution in [0.1, 0.15) is 12.0 Å². The lowest BCUT2D eigenvalue weighted by Gasteiger charge is -2.08. The maximum Gasteiger partial charge on any atom is 0.149 e. The third kappa shape index (κ3) is 3.35. The molecule has 0 unspecified atom stereocenters. The first-order chi connectivity index (χ1) is 10.3. The van der Waals surface area contributed by atoms with Gasteiger partial charge in [0.1, 0.15) is 5.82 Å². The second-order valence-electron chi connectivity index (χ2n) is 4.96. The van der Waals surface area contributed by atoms with E-state index in [-0.39, 0.29) is 0 Å². The normalized spacial score (nSPS) is 10.7. The van der Waals surface area contributed by atoms with E-state index in [2.05, 4.69) is 27.4 Å². The second-order valence-corrected chi connectivity index (χ2v) is 4.96. The van der Waals surface area contributed by atoms with Crippen LogP contribution in [0.15, 0.2) is 54.7 Å². The van der Waals surface area contributed by atoms with Gasteiger partial charge in [-0.2, -0.15) is 0 Å². The number of anilines is 2. The lowest BCUT2D eigenvalue weighted by Crippen LogP contribution is -2.01. The predicted molar refractivity (Wildman–Crippen MR) is 86.6 cm³/mol. The van der Waals surface area contributed by atoms with Gasteiger partial charge in [0.2, 0.25) is 0 Å². The zero-order valence-corrected chi connectivity index (χ0v) is 11.8. The van der Waals surface area contributed by atoms with Gasteiger partial charge in [0.25, 0.3) is 0 Å². The summed E-state index contributed by atoms with van der Waals surface area (Å²) < 4.78 is 0. The predicted octanol–water partition coefficient (Wildman–Crippen LogP) is 3.26. The Morgan fingerprint density at radius 3 is 2.71 bits per heavy atom. The number of nitrogens with one attached hydrogen (secondary N) is 1. The Balaban J connectivity index is 1.81. The van der Waals surface area contributed by atoms with Gasteiger partial charge in [0.05, 0.1) is 17.2 Å². The van der Waals surface area contributed by atoms with Crippen LogP contribution in [-0.4, -0.2) is 16.5 Å². The van der Waals surface area contributed by atoms with Gasteiger partial charge in [-0.3, -0.25) is 4.98 Å². The van der Waals surface area contributed by atoms with Crippen LogP contribution in [0.5, 0.6) is 0 Å². The molecule has 0 bridgehead atoms. The molecule has 0 aliphatic heterocycles. The molecule has 1 aromatic heterocycles. The molecule has 4 nitrogen and oxygen atoms in total. The number of hydrogen-bond acceptors (Lipinski definition) is 4. The highest BCUT2D eigenvalue weighted by atomic mass is 15.0. The number of benzene rings is 2. The average Bonchev–Trinajstić information content (AvgIpc) is 2.53. The topological polar surface area (TPSA) is 63.8 Å². The SMILES string of the molecule is NCCCc1cccc(Nc2cnc3ccccc3n2)c1. The molecule has 3 aromatic rings. The van der Waals surface area contributed by atoms with Crippen molar-refractivity contribution in [1.82, 2.24) is 9.97 Å². The van der Waals surface area contributed by atoms with E-state index in [0.29, 0.717) is 6.54 Å². The summed E-state index contributed by atoms with van der Waals surface area (Å²) in [4.78, 5) is 8.98. The van der Waals surface area contributed by atoms with Crippen molar-refractivity contribution in [1.29, 1.82) is 0 Å². The van der Waals surface area contributed by atoms with Gasteiger partial charge in [-0.05, 0) is 49.2 Å². The number of rotatable bonds is 5. The highest BCUT2D eigenvalue weighted by Gasteiger charge is 2.01. The Labute approximate surface area is 124 Å². The van der Waals surface area contributed by atoms with E-state index in [1.807, 2.05) is 36.4 Å². The van der Waals surface area contributed by atoms with Crippen molar-refractivity contribution in [2.75, 3.05) is 11.9 Å². The Kier molecular flexibility index (Phi) is 4.07. The fourth-order valence-corrected chi connectivity index (χ4v) is 2.28. The molecule has 0 spiro atoms. The Bertz CT molecular complexity index is 739. The van der Waals surface area contributed by atoms with E-state index < -0.39 is 0 Å². The zero-order valence-electron chi connectivity index (χ0n) is 11.8. The number of fused-ring (bicyclic) bond motifs is 1. The first-order valence-corrected chi connectivity index (χ1v) is 7.13. The fraction of sp³-hybridized carbons (Fsp3) is 0.176. The summed E-state index contributed by atoms with van der Waals surface area (Å²) in [6.45, 7) is 0.716. The molecule has 1 heterocycles. The first-order valence-electron chi connectivity index (χ1n) is 7.13. The molecule has 0 saturated heterocycles. The Morgan fingerprint density at radius 2 is 1.86 bits per heavy atom. The molecule has 21 heavy (non-hydrogen) atoms. The number of aromatic nitrogens is 2. The molecule has 2 aromatic carbocycles. The Hall–Kier alpha value is -2.46. The van der Waals surface area contributed by atoms with Gasteiger partial charge in [-0.15, -0.1) is 0 Å². The molecular formula is C17H18N4. The molecular weight excluding hydrogens is 260 g/mol. The summed E-state index contributed by atoms with van der Waals surface area (Å²) in [5.41, 5.74) is 9.65. The highest BCUT2D eigenvalue weighted by molar-refractivity contribution is 5.76. The minimum atomic E-state index is 0.716. The maximum atomic E-state index is 5.56. The summed E-state index contributed by atoms with van der Waals surface area (Å²) in [5, 5.41) is 3.31. The van der Waals surface area contributed by atoms with Crippen molar-refractivity contribution in [3.05, 3.63) is 60.3 Å². The summed E-state index contributed by atoms with van der Waals surface area (Å²) in [7, 11) is 0. The molecule has 0 aliphatic rings. The van der Waals surface area contributed by atoms with Crippen LogP contribution in [0.4, 0.5) is 11.5 Å². The third-order valence-corrected chi connectivity index (χ3v) is 3.32. The molecule has 0 fully saturated rings. The molecule has 4 heteroatoms. The quantitative estimate of drug-likeness (QED) is 0.752. The average molecular weight is 278 g/mol. The largest absolute Gasteiger partial charge is 0.339 e. The van der Waals surface area contributed by atoms with E-state index >= 15 is 0 Å². The number of aryl methyl sites for hydroxylation is 1. The summed E-state index contributed by atoms with van der Waals surface area (Å²) in [6.07, 6.45) is 3.75. The van der Waals surface area contributed by atoms with Gasteiger partial charge in [-0.25, -0.2) is 4.98 Å².